The number of hydrogen-bond acceptors (Lipinski definition) is 3. The molecule has 1 aliphatic rings. The zero-order valence-corrected chi connectivity index (χ0v) is 11.0. The molecule has 6 heteroatoms. The Morgan fingerprint density at radius 3 is 2.76 bits per heavy atom. The van der Waals surface area contributed by atoms with Gasteiger partial charge in [-0.25, -0.2) is 0 Å². The molecule has 0 spiro atoms. The quantitative estimate of drug-likeness (QED) is 0.823. The molecule has 0 aliphatic carbocycles. The predicted molar refractivity (Wildman–Crippen MR) is 64.6 cm³/mol. The van der Waals surface area contributed by atoms with Gasteiger partial charge in [-0.15, -0.1) is 0 Å². The van der Waals surface area contributed by atoms with Crippen LogP contribution in [0.5, 0.6) is 0 Å². The first kappa shape index (κ1) is 12.4. The van der Waals surface area contributed by atoms with E-state index in [4.69, 9.17) is 11.6 Å². The van der Waals surface area contributed by atoms with Crippen molar-refractivity contribution >= 4 is 45.1 Å². The van der Waals surface area contributed by atoms with Crippen molar-refractivity contribution in [3.05, 3.63) is 27.7 Å². The third-order valence-electron chi connectivity index (χ3n) is 2.67. The number of carbonyl (C=O) groups excluding carboxylic acids is 2. The fraction of sp³-hybridized carbons (Fsp3) is 0.273. The molecule has 1 aromatic carbocycles. The monoisotopic (exact) mass is 316 g/mol. The van der Waals surface area contributed by atoms with Crippen LogP contribution in [0.4, 0.5) is 5.69 Å². The molecule has 1 amide bonds. The number of carboxylic acid groups (broad SMARTS) is 1. The maximum absolute atomic E-state index is 11.7. The first-order valence-electron chi connectivity index (χ1n) is 4.95. The normalized spacial score (nSPS) is 19.8. The zero-order valence-electron chi connectivity index (χ0n) is 8.65. The van der Waals surface area contributed by atoms with Crippen molar-refractivity contribution in [3.8, 4) is 0 Å². The predicted octanol–water partition coefficient (Wildman–Crippen LogP) is 1.21. The van der Waals surface area contributed by atoms with Gasteiger partial charge in [0.1, 0.15) is 0 Å². The van der Waals surface area contributed by atoms with Gasteiger partial charge < -0.3 is 14.8 Å². The van der Waals surface area contributed by atoms with Crippen molar-refractivity contribution in [2.24, 2.45) is 5.92 Å². The zero-order chi connectivity index (χ0) is 12.6. The number of benzene rings is 1. The number of nitrogens with zero attached hydrogens (tertiary/aromatic N) is 1. The van der Waals surface area contributed by atoms with E-state index in [9.17, 15) is 14.7 Å². The highest BCUT2D eigenvalue weighted by molar-refractivity contribution is 9.10. The van der Waals surface area contributed by atoms with Gasteiger partial charge >= 0.3 is 0 Å². The Kier molecular flexibility index (Phi) is 3.40. The molecule has 0 saturated carbocycles. The fourth-order valence-corrected chi connectivity index (χ4v) is 2.19. The summed E-state index contributed by atoms with van der Waals surface area (Å²) in [5, 5.41) is 11.2. The van der Waals surface area contributed by atoms with Crippen molar-refractivity contribution in [3.63, 3.8) is 0 Å². The molecule has 1 atom stereocenters. The second kappa shape index (κ2) is 4.66. The number of halogens is 2. The molecule has 0 radical (unpaired) electrons. The van der Waals surface area contributed by atoms with Crippen LogP contribution in [0.3, 0.4) is 0 Å². The lowest BCUT2D eigenvalue weighted by Gasteiger charge is -2.17. The Bertz CT molecular complexity index is 492. The third-order valence-corrected chi connectivity index (χ3v) is 3.91. The fourth-order valence-electron chi connectivity index (χ4n) is 1.77. The summed E-state index contributed by atoms with van der Waals surface area (Å²) in [6, 6.07) is 5.06. The van der Waals surface area contributed by atoms with E-state index in [1.807, 2.05) is 0 Å². The molecule has 0 unspecified atom stereocenters. The number of aliphatic carboxylic acids is 1. The largest absolute Gasteiger partial charge is 0.550 e. The van der Waals surface area contributed by atoms with E-state index in [-0.39, 0.29) is 18.9 Å². The molecule has 0 bridgehead atoms. The minimum Gasteiger partial charge on any atom is -0.550 e. The third kappa shape index (κ3) is 2.45. The molecule has 90 valence electrons. The second-order valence-corrected chi connectivity index (χ2v) is 5.08. The van der Waals surface area contributed by atoms with Crippen LogP contribution in [0.2, 0.25) is 5.02 Å². The van der Waals surface area contributed by atoms with Crippen molar-refractivity contribution in [1.29, 1.82) is 0 Å². The highest BCUT2D eigenvalue weighted by Gasteiger charge is 2.31. The lowest BCUT2D eigenvalue weighted by Crippen LogP contribution is -2.33. The van der Waals surface area contributed by atoms with Gasteiger partial charge in [0.25, 0.3) is 0 Å². The Balaban J connectivity index is 2.26. The van der Waals surface area contributed by atoms with Crippen molar-refractivity contribution in [1.82, 2.24) is 0 Å². The minimum atomic E-state index is -1.19. The van der Waals surface area contributed by atoms with E-state index in [0.717, 1.165) is 4.47 Å². The van der Waals surface area contributed by atoms with Crippen molar-refractivity contribution in [2.45, 2.75) is 6.42 Å². The summed E-state index contributed by atoms with van der Waals surface area (Å²) < 4.78 is 0.728. The molecule has 1 aliphatic heterocycles. The van der Waals surface area contributed by atoms with Gasteiger partial charge in [-0.3, -0.25) is 4.79 Å². The second-order valence-electron chi connectivity index (χ2n) is 3.82. The number of amides is 1. The summed E-state index contributed by atoms with van der Waals surface area (Å²) in [7, 11) is 0. The molecule has 4 nitrogen and oxygen atoms in total. The lowest BCUT2D eigenvalue weighted by molar-refractivity contribution is -0.310. The number of rotatable bonds is 2. The summed E-state index contributed by atoms with van der Waals surface area (Å²) >= 11 is 9.17. The van der Waals surface area contributed by atoms with Crippen molar-refractivity contribution in [2.75, 3.05) is 11.4 Å². The first-order chi connectivity index (χ1) is 7.99. The summed E-state index contributed by atoms with van der Waals surface area (Å²) in [6.45, 7) is 0.138. The van der Waals surface area contributed by atoms with Gasteiger partial charge in [0.05, 0.1) is 5.02 Å². The lowest BCUT2D eigenvalue weighted by atomic mass is 10.1. The topological polar surface area (TPSA) is 60.4 Å². The van der Waals surface area contributed by atoms with E-state index in [0.29, 0.717) is 10.7 Å². The van der Waals surface area contributed by atoms with Gasteiger partial charge in [-0.2, -0.15) is 0 Å². The maximum Gasteiger partial charge on any atom is 0.227 e. The summed E-state index contributed by atoms with van der Waals surface area (Å²) in [6.07, 6.45) is -0.0178. The Hall–Kier alpha value is -1.07. The van der Waals surface area contributed by atoms with Gasteiger partial charge in [-0.1, -0.05) is 11.6 Å². The number of hydrogen-bond donors (Lipinski definition) is 0. The van der Waals surface area contributed by atoms with Gasteiger partial charge in [0, 0.05) is 35.0 Å². The van der Waals surface area contributed by atoms with Crippen molar-refractivity contribution < 1.29 is 14.7 Å². The van der Waals surface area contributed by atoms with Crippen LogP contribution in [-0.2, 0) is 9.59 Å². The van der Waals surface area contributed by atoms with E-state index in [2.05, 4.69) is 15.9 Å². The average molecular weight is 318 g/mol. The number of carboxylic acids is 1. The Morgan fingerprint density at radius 2 is 2.24 bits per heavy atom. The molecule has 1 heterocycles. The summed E-state index contributed by atoms with van der Waals surface area (Å²) in [5.74, 6) is -2.16. The first-order valence-corrected chi connectivity index (χ1v) is 6.12. The van der Waals surface area contributed by atoms with Gasteiger partial charge in [-0.05, 0) is 34.1 Å². The minimum absolute atomic E-state index is 0.0178. The molecule has 1 saturated heterocycles. The number of anilines is 1. The van der Waals surface area contributed by atoms with E-state index < -0.39 is 11.9 Å². The molecule has 0 N–H and O–H groups in total. The number of carbonyl (C=O) groups is 2. The molecule has 17 heavy (non-hydrogen) atoms. The van der Waals surface area contributed by atoms with Crippen LogP contribution in [-0.4, -0.2) is 18.4 Å². The maximum atomic E-state index is 11.7. The average Bonchev–Trinajstić information content (AvgIpc) is 2.65. The Labute approximate surface area is 111 Å². The molecule has 1 fully saturated rings. The highest BCUT2D eigenvalue weighted by atomic mass is 79.9. The summed E-state index contributed by atoms with van der Waals surface area (Å²) in [5.41, 5.74) is 0.604. The Morgan fingerprint density at radius 1 is 1.53 bits per heavy atom. The SMILES string of the molecule is O=C([O-])[C@H]1CC(=O)N(c2ccc(Br)c(Cl)c2)C1. The van der Waals surface area contributed by atoms with Gasteiger partial charge in [0.15, 0.2) is 0 Å². The van der Waals surface area contributed by atoms with Crippen LogP contribution >= 0.6 is 27.5 Å². The standard InChI is InChI=1S/C11H9BrClNO3/c12-8-2-1-7(4-9(8)13)14-5-6(11(16)17)3-10(14)15/h1-2,4,6H,3,5H2,(H,16,17)/p-1/t6-/m0/s1. The van der Waals surface area contributed by atoms with Crippen LogP contribution in [0.1, 0.15) is 6.42 Å². The van der Waals surface area contributed by atoms with Gasteiger partial charge in [0.2, 0.25) is 5.91 Å². The molecule has 2 rings (SSSR count). The van der Waals surface area contributed by atoms with Crippen LogP contribution < -0.4 is 10.0 Å². The van der Waals surface area contributed by atoms with E-state index in [1.54, 1.807) is 18.2 Å². The molecular weight excluding hydrogens is 309 g/mol. The van der Waals surface area contributed by atoms with Crippen LogP contribution in [0.15, 0.2) is 22.7 Å². The van der Waals surface area contributed by atoms with Crippen LogP contribution in [0, 0.1) is 5.92 Å². The van der Waals surface area contributed by atoms with E-state index >= 15 is 0 Å². The summed E-state index contributed by atoms with van der Waals surface area (Å²) in [4.78, 5) is 23.8. The molecule has 0 aromatic heterocycles. The van der Waals surface area contributed by atoms with Crippen LogP contribution in [0.25, 0.3) is 0 Å². The highest BCUT2D eigenvalue weighted by Crippen LogP contribution is 2.30. The molecule has 1 aromatic rings. The smallest absolute Gasteiger partial charge is 0.227 e. The molecular formula is C11H8BrClNO3-. The van der Waals surface area contributed by atoms with E-state index in [1.165, 1.54) is 4.90 Å².